The Kier molecular flexibility index (Phi) is 5.71. The first-order chi connectivity index (χ1) is 12.2. The monoisotopic (exact) mass is 338 g/mol. The Morgan fingerprint density at radius 2 is 2.20 bits per heavy atom. The van der Waals surface area contributed by atoms with Crippen molar-refractivity contribution >= 4 is 11.9 Å². The summed E-state index contributed by atoms with van der Waals surface area (Å²) in [6.45, 7) is 4.72. The zero-order valence-corrected chi connectivity index (χ0v) is 14.9. The van der Waals surface area contributed by atoms with Crippen molar-refractivity contribution in [2.45, 2.75) is 52.0 Å². The van der Waals surface area contributed by atoms with Gasteiger partial charge < -0.3 is 15.2 Å². The van der Waals surface area contributed by atoms with E-state index in [9.17, 15) is 0 Å². The molecule has 2 unspecified atom stereocenters. The molecule has 4 heteroatoms. The summed E-state index contributed by atoms with van der Waals surface area (Å²) in [5, 5.41) is 0. The number of rotatable bonds is 6. The first-order valence-corrected chi connectivity index (χ1v) is 8.88. The van der Waals surface area contributed by atoms with Gasteiger partial charge in [0, 0.05) is 30.3 Å². The van der Waals surface area contributed by atoms with Gasteiger partial charge in [-0.15, -0.1) is 0 Å². The summed E-state index contributed by atoms with van der Waals surface area (Å²) in [5.74, 6) is 0.914. The topological polar surface area (TPSA) is 56.8 Å². The molecule has 2 aliphatic rings. The predicted molar refractivity (Wildman–Crippen MR) is 102 cm³/mol. The Morgan fingerprint density at radius 1 is 1.32 bits per heavy atom. The van der Waals surface area contributed by atoms with Crippen LogP contribution in [0.5, 0.6) is 0 Å². The van der Waals surface area contributed by atoms with Crippen molar-refractivity contribution in [2.75, 3.05) is 5.73 Å². The molecule has 132 valence electrons. The Bertz CT molecular complexity index is 731. The molecule has 1 aliphatic carbocycles. The van der Waals surface area contributed by atoms with E-state index in [-0.39, 0.29) is 12.3 Å². The molecule has 2 atom stereocenters. The van der Waals surface area contributed by atoms with Gasteiger partial charge in [-0.2, -0.15) is 0 Å². The van der Waals surface area contributed by atoms with E-state index in [0.717, 1.165) is 36.3 Å². The number of aryl methyl sites for hydroxylation is 1. The molecule has 1 aliphatic heterocycles. The first kappa shape index (κ1) is 17.5. The summed E-state index contributed by atoms with van der Waals surface area (Å²) in [4.78, 5) is 4.34. The summed E-state index contributed by atoms with van der Waals surface area (Å²) >= 11 is 0. The van der Waals surface area contributed by atoms with Crippen molar-refractivity contribution in [1.29, 1.82) is 0 Å². The molecule has 25 heavy (non-hydrogen) atoms. The van der Waals surface area contributed by atoms with E-state index in [4.69, 9.17) is 15.2 Å². The summed E-state index contributed by atoms with van der Waals surface area (Å²) in [6, 6.07) is 6.03. The van der Waals surface area contributed by atoms with Crippen LogP contribution in [-0.2, 0) is 22.5 Å². The van der Waals surface area contributed by atoms with Crippen LogP contribution in [0.2, 0.25) is 0 Å². The minimum absolute atomic E-state index is 0.0500. The summed E-state index contributed by atoms with van der Waals surface area (Å²) in [5.41, 5.74) is 10.4. The maximum atomic E-state index is 6.12. The molecule has 1 heterocycles. The molecule has 4 nitrogen and oxygen atoms in total. The fourth-order valence-corrected chi connectivity index (χ4v) is 3.14. The molecule has 0 radical (unpaired) electrons. The van der Waals surface area contributed by atoms with Gasteiger partial charge >= 0.3 is 0 Å². The van der Waals surface area contributed by atoms with Crippen molar-refractivity contribution in [3.8, 4) is 0 Å². The van der Waals surface area contributed by atoms with Crippen LogP contribution in [-0.4, -0.2) is 18.5 Å². The number of ether oxygens (including phenoxy) is 2. The van der Waals surface area contributed by atoms with Crippen LogP contribution in [0.3, 0.4) is 0 Å². The number of hydrogen-bond donors (Lipinski definition) is 1. The molecule has 0 saturated carbocycles. The van der Waals surface area contributed by atoms with Gasteiger partial charge in [0.15, 0.2) is 6.23 Å². The second kappa shape index (κ2) is 8.17. The second-order valence-electron chi connectivity index (χ2n) is 6.43. The lowest BCUT2D eigenvalue weighted by Crippen LogP contribution is -2.22. The number of aliphatic imine (C=N–C) groups is 1. The molecule has 3 rings (SSSR count). The zero-order valence-electron chi connectivity index (χ0n) is 14.9. The lowest BCUT2D eigenvalue weighted by molar-refractivity contribution is 0.0185. The number of nitrogens with two attached hydrogens (primary N) is 1. The first-order valence-electron chi connectivity index (χ1n) is 8.88. The molecular formula is C21H26N2O2. The number of benzene rings is 1. The van der Waals surface area contributed by atoms with Crippen molar-refractivity contribution in [3.05, 3.63) is 65.0 Å². The lowest BCUT2D eigenvalue weighted by Gasteiger charge is -2.24. The number of nitrogens with zero attached hydrogens (tertiary/aromatic N) is 1. The summed E-state index contributed by atoms with van der Waals surface area (Å²) in [6.07, 6.45) is 12.5. The van der Waals surface area contributed by atoms with Crippen LogP contribution in [0.1, 0.15) is 37.8 Å². The van der Waals surface area contributed by atoms with Crippen molar-refractivity contribution in [3.63, 3.8) is 0 Å². The molecule has 1 aromatic carbocycles. The standard InChI is InChI=1S/C21H26N2O2/c1-3-16-7-6-8-19(22)18(16)14-24-20-11-10-17(13-15(20)2)25-21-9-4-5-12-23-21/h4-8,10-12,17,21H,3,9,13-14,22H2,1-2H3. The van der Waals surface area contributed by atoms with Gasteiger partial charge in [-0.25, -0.2) is 0 Å². The minimum Gasteiger partial charge on any atom is -0.489 e. The molecule has 0 amide bonds. The molecule has 0 fully saturated rings. The fourth-order valence-electron chi connectivity index (χ4n) is 3.14. The zero-order chi connectivity index (χ0) is 17.6. The fraction of sp³-hybridized carbons (Fsp3) is 0.381. The highest BCUT2D eigenvalue weighted by atomic mass is 16.5. The maximum Gasteiger partial charge on any atom is 0.152 e. The van der Waals surface area contributed by atoms with E-state index in [2.05, 4.69) is 37.1 Å². The van der Waals surface area contributed by atoms with Crippen molar-refractivity contribution < 1.29 is 9.47 Å². The van der Waals surface area contributed by atoms with Crippen molar-refractivity contribution in [2.24, 2.45) is 4.99 Å². The maximum absolute atomic E-state index is 6.12. The highest BCUT2D eigenvalue weighted by Crippen LogP contribution is 2.26. The van der Waals surface area contributed by atoms with Gasteiger partial charge in [-0.3, -0.25) is 4.99 Å². The molecule has 2 N–H and O–H groups in total. The normalized spacial score (nSPS) is 22.5. The van der Waals surface area contributed by atoms with Crippen LogP contribution in [0.15, 0.2) is 58.8 Å². The van der Waals surface area contributed by atoms with Gasteiger partial charge in [0.25, 0.3) is 0 Å². The van der Waals surface area contributed by atoms with E-state index < -0.39 is 0 Å². The second-order valence-corrected chi connectivity index (χ2v) is 6.43. The van der Waals surface area contributed by atoms with Crippen molar-refractivity contribution in [1.82, 2.24) is 0 Å². The molecule has 0 saturated heterocycles. The third-order valence-corrected chi connectivity index (χ3v) is 4.60. The quantitative estimate of drug-likeness (QED) is 0.786. The highest BCUT2D eigenvalue weighted by Gasteiger charge is 2.19. The van der Waals surface area contributed by atoms with Gasteiger partial charge in [0.1, 0.15) is 12.4 Å². The number of allylic oxidation sites excluding steroid dienone is 2. The molecule has 0 aromatic heterocycles. The van der Waals surface area contributed by atoms with Crippen LogP contribution in [0.25, 0.3) is 0 Å². The van der Waals surface area contributed by atoms with Gasteiger partial charge in [-0.1, -0.05) is 31.2 Å². The summed E-state index contributed by atoms with van der Waals surface area (Å²) in [7, 11) is 0. The minimum atomic E-state index is -0.0776. The average molecular weight is 338 g/mol. The Labute approximate surface area is 149 Å². The third kappa shape index (κ3) is 4.40. The number of anilines is 1. The van der Waals surface area contributed by atoms with E-state index in [1.54, 1.807) is 6.21 Å². The molecule has 1 aromatic rings. The third-order valence-electron chi connectivity index (χ3n) is 4.60. The average Bonchev–Trinajstić information content (AvgIpc) is 2.62. The van der Waals surface area contributed by atoms with Gasteiger partial charge in [0.2, 0.25) is 0 Å². The highest BCUT2D eigenvalue weighted by molar-refractivity contribution is 5.71. The van der Waals surface area contributed by atoms with E-state index >= 15 is 0 Å². The Balaban J connectivity index is 1.59. The predicted octanol–water partition coefficient (Wildman–Crippen LogP) is 4.32. The Hall–Kier alpha value is -2.33. The molecular weight excluding hydrogens is 312 g/mol. The number of dihydropyridines is 1. The van der Waals surface area contributed by atoms with Crippen LogP contribution < -0.4 is 5.73 Å². The van der Waals surface area contributed by atoms with E-state index in [1.807, 2.05) is 24.3 Å². The number of hydrogen-bond acceptors (Lipinski definition) is 4. The largest absolute Gasteiger partial charge is 0.489 e. The van der Waals surface area contributed by atoms with E-state index in [1.165, 1.54) is 11.1 Å². The molecule has 0 bridgehead atoms. The molecule has 0 spiro atoms. The summed E-state index contributed by atoms with van der Waals surface area (Å²) < 4.78 is 12.1. The van der Waals surface area contributed by atoms with Gasteiger partial charge in [0.05, 0.1) is 6.10 Å². The van der Waals surface area contributed by atoms with E-state index in [0.29, 0.717) is 6.61 Å². The van der Waals surface area contributed by atoms with Gasteiger partial charge in [-0.05, 0) is 42.7 Å². The van der Waals surface area contributed by atoms with Crippen LogP contribution in [0.4, 0.5) is 5.69 Å². The van der Waals surface area contributed by atoms with Crippen LogP contribution in [0, 0.1) is 0 Å². The number of nitrogen functional groups attached to an aromatic ring is 1. The smallest absolute Gasteiger partial charge is 0.152 e. The lowest BCUT2D eigenvalue weighted by atomic mass is 10.0. The Morgan fingerprint density at radius 3 is 2.92 bits per heavy atom. The SMILES string of the molecule is CCc1cccc(N)c1COC1=C(C)CC(OC2CC=CC=N2)C=C1. The van der Waals surface area contributed by atoms with Crippen LogP contribution >= 0.6 is 0 Å².